The number of alkyl halides is 3. The second-order valence-electron chi connectivity index (χ2n) is 8.32. The Morgan fingerprint density at radius 1 is 1.14 bits per heavy atom. The van der Waals surface area contributed by atoms with Crippen molar-refractivity contribution in [2.24, 2.45) is 0 Å². The summed E-state index contributed by atoms with van der Waals surface area (Å²) in [4.78, 5) is 52.3. The summed E-state index contributed by atoms with van der Waals surface area (Å²) in [5.41, 5.74) is -1.94. The fourth-order valence-electron chi connectivity index (χ4n) is 4.11. The van der Waals surface area contributed by atoms with E-state index in [0.29, 0.717) is 15.8 Å². The number of nitrogens with zero attached hydrogens (tertiary/aromatic N) is 3. The molecule has 0 radical (unpaired) electrons. The highest BCUT2D eigenvalue weighted by Gasteiger charge is 2.33. The van der Waals surface area contributed by atoms with Crippen LogP contribution in [0.2, 0.25) is 0 Å². The molecule has 1 amide bonds. The standard InChI is InChI=1S/C25H22F3N3O6/c1-4-36-22(33)18-12-30(17-8-9-20-16(10-17)13-37-24(35)29(20)3)23(34)31(21(18)32)11-15-6-5-7-19(14(15)2)25(26,27)28/h5-10,12H,4,11,13H2,1-3H3. The highest BCUT2D eigenvalue weighted by molar-refractivity contribution is 5.90. The topological polar surface area (TPSA) is 99.8 Å². The van der Waals surface area contributed by atoms with E-state index in [4.69, 9.17) is 9.47 Å². The van der Waals surface area contributed by atoms with E-state index in [-0.39, 0.29) is 30.0 Å². The summed E-state index contributed by atoms with van der Waals surface area (Å²) in [7, 11) is 1.52. The summed E-state index contributed by atoms with van der Waals surface area (Å²) in [6, 6.07) is 8.11. The van der Waals surface area contributed by atoms with Crippen LogP contribution in [0.25, 0.3) is 5.69 Å². The maximum absolute atomic E-state index is 13.5. The largest absolute Gasteiger partial charge is 0.462 e. The molecule has 0 unspecified atom stereocenters. The lowest BCUT2D eigenvalue weighted by Gasteiger charge is -2.26. The van der Waals surface area contributed by atoms with Gasteiger partial charge in [-0.1, -0.05) is 12.1 Å². The van der Waals surface area contributed by atoms with Crippen molar-refractivity contribution in [2.75, 3.05) is 18.6 Å². The molecule has 37 heavy (non-hydrogen) atoms. The molecule has 1 aliphatic rings. The van der Waals surface area contributed by atoms with Gasteiger partial charge in [-0.15, -0.1) is 0 Å². The van der Waals surface area contributed by atoms with Crippen LogP contribution in [0, 0.1) is 6.92 Å². The predicted octanol–water partition coefficient (Wildman–Crippen LogP) is 3.64. The summed E-state index contributed by atoms with van der Waals surface area (Å²) in [5, 5.41) is 0. The summed E-state index contributed by atoms with van der Waals surface area (Å²) in [5.74, 6) is -0.984. The lowest BCUT2D eigenvalue weighted by Crippen LogP contribution is -2.42. The Hall–Kier alpha value is -4.35. The minimum atomic E-state index is -4.63. The van der Waals surface area contributed by atoms with Gasteiger partial charge in [0.2, 0.25) is 0 Å². The Labute approximate surface area is 208 Å². The first-order valence-electron chi connectivity index (χ1n) is 11.2. The quantitative estimate of drug-likeness (QED) is 0.480. The van der Waals surface area contributed by atoms with Crippen LogP contribution in [-0.2, 0) is 28.8 Å². The van der Waals surface area contributed by atoms with E-state index >= 15 is 0 Å². The third kappa shape index (κ3) is 4.74. The van der Waals surface area contributed by atoms with Crippen LogP contribution in [0.4, 0.5) is 23.7 Å². The van der Waals surface area contributed by atoms with Gasteiger partial charge in [-0.3, -0.25) is 18.8 Å². The molecule has 0 N–H and O–H groups in total. The molecule has 2 heterocycles. The van der Waals surface area contributed by atoms with Crippen molar-refractivity contribution in [1.82, 2.24) is 9.13 Å². The molecule has 2 aromatic carbocycles. The van der Waals surface area contributed by atoms with Gasteiger partial charge in [-0.25, -0.2) is 14.4 Å². The summed E-state index contributed by atoms with van der Waals surface area (Å²) >= 11 is 0. The van der Waals surface area contributed by atoms with Crippen LogP contribution in [0.3, 0.4) is 0 Å². The van der Waals surface area contributed by atoms with Crippen molar-refractivity contribution < 1.29 is 32.2 Å². The highest BCUT2D eigenvalue weighted by atomic mass is 19.4. The number of esters is 1. The number of benzene rings is 2. The van der Waals surface area contributed by atoms with Crippen molar-refractivity contribution in [3.63, 3.8) is 0 Å². The molecule has 0 spiro atoms. The highest BCUT2D eigenvalue weighted by Crippen LogP contribution is 2.33. The van der Waals surface area contributed by atoms with E-state index in [1.807, 2.05) is 0 Å². The lowest BCUT2D eigenvalue weighted by molar-refractivity contribution is -0.138. The number of rotatable bonds is 5. The van der Waals surface area contributed by atoms with Crippen LogP contribution >= 0.6 is 0 Å². The molecule has 3 aromatic rings. The molecule has 194 valence electrons. The first kappa shape index (κ1) is 25.7. The summed E-state index contributed by atoms with van der Waals surface area (Å²) in [6.45, 7) is 2.18. The van der Waals surface area contributed by atoms with Crippen LogP contribution in [0.15, 0.2) is 52.2 Å². The molecule has 0 aliphatic carbocycles. The number of cyclic esters (lactones) is 1. The maximum atomic E-state index is 13.5. The maximum Gasteiger partial charge on any atom is 0.416 e. The molecule has 4 rings (SSSR count). The molecule has 0 saturated carbocycles. The number of aromatic nitrogens is 2. The molecule has 0 saturated heterocycles. The van der Waals surface area contributed by atoms with Crippen molar-refractivity contribution in [1.29, 1.82) is 0 Å². The molecule has 0 bridgehead atoms. The molecule has 1 aromatic heterocycles. The average molecular weight is 517 g/mol. The number of ether oxygens (including phenoxy) is 2. The third-order valence-electron chi connectivity index (χ3n) is 6.07. The van der Waals surface area contributed by atoms with Crippen LogP contribution in [0.5, 0.6) is 0 Å². The number of carbonyl (C=O) groups is 2. The van der Waals surface area contributed by atoms with Gasteiger partial charge in [0.25, 0.3) is 5.56 Å². The number of fused-ring (bicyclic) bond motifs is 1. The van der Waals surface area contributed by atoms with Gasteiger partial charge in [-0.05, 0) is 49.2 Å². The average Bonchev–Trinajstić information content (AvgIpc) is 2.84. The second kappa shape index (κ2) is 9.60. The van der Waals surface area contributed by atoms with E-state index in [0.717, 1.165) is 16.8 Å². The SMILES string of the molecule is CCOC(=O)c1cn(-c2ccc3c(c2)COC(=O)N3C)c(=O)n(Cc2cccc(C(F)(F)F)c2C)c1=O. The Bertz CT molecular complexity index is 1520. The second-order valence-corrected chi connectivity index (χ2v) is 8.32. The van der Waals surface area contributed by atoms with E-state index in [9.17, 15) is 32.3 Å². The van der Waals surface area contributed by atoms with Crippen molar-refractivity contribution >= 4 is 17.7 Å². The molecule has 12 heteroatoms. The Morgan fingerprint density at radius 2 is 1.86 bits per heavy atom. The Morgan fingerprint density at radius 3 is 2.54 bits per heavy atom. The van der Waals surface area contributed by atoms with Gasteiger partial charge in [-0.2, -0.15) is 13.2 Å². The zero-order chi connectivity index (χ0) is 27.1. The molecular weight excluding hydrogens is 495 g/mol. The number of halogens is 3. The van der Waals surface area contributed by atoms with Gasteiger partial charge >= 0.3 is 23.9 Å². The normalized spacial score (nSPS) is 13.2. The zero-order valence-corrected chi connectivity index (χ0v) is 20.1. The number of hydrogen-bond donors (Lipinski definition) is 0. The number of carbonyl (C=O) groups excluding carboxylic acids is 2. The van der Waals surface area contributed by atoms with Gasteiger partial charge in [0.1, 0.15) is 12.2 Å². The predicted molar refractivity (Wildman–Crippen MR) is 126 cm³/mol. The third-order valence-corrected chi connectivity index (χ3v) is 6.07. The lowest BCUT2D eigenvalue weighted by atomic mass is 10.0. The smallest absolute Gasteiger partial charge is 0.416 e. The van der Waals surface area contributed by atoms with Crippen molar-refractivity contribution in [3.05, 3.63) is 91.3 Å². The van der Waals surface area contributed by atoms with Crippen LogP contribution < -0.4 is 16.1 Å². The van der Waals surface area contributed by atoms with Gasteiger partial charge < -0.3 is 9.47 Å². The van der Waals surface area contributed by atoms with E-state index in [1.54, 1.807) is 19.1 Å². The number of amides is 1. The first-order chi connectivity index (χ1) is 17.4. The van der Waals surface area contributed by atoms with E-state index in [1.165, 1.54) is 37.1 Å². The monoisotopic (exact) mass is 517 g/mol. The fraction of sp³-hybridized carbons (Fsp3) is 0.280. The Kier molecular flexibility index (Phi) is 6.68. The molecule has 1 aliphatic heterocycles. The molecule has 0 fully saturated rings. The Balaban J connectivity index is 1.90. The van der Waals surface area contributed by atoms with Gasteiger partial charge in [0, 0.05) is 18.8 Å². The fourth-order valence-corrected chi connectivity index (χ4v) is 4.11. The molecule has 0 atom stereocenters. The van der Waals surface area contributed by atoms with Crippen LogP contribution in [-0.4, -0.2) is 34.9 Å². The van der Waals surface area contributed by atoms with E-state index in [2.05, 4.69) is 0 Å². The minimum Gasteiger partial charge on any atom is -0.462 e. The van der Waals surface area contributed by atoms with Crippen molar-refractivity contribution in [3.8, 4) is 5.69 Å². The molecular formula is C25H22F3N3O6. The van der Waals surface area contributed by atoms with Gasteiger partial charge in [0.15, 0.2) is 0 Å². The van der Waals surface area contributed by atoms with Gasteiger partial charge in [0.05, 0.1) is 30.1 Å². The number of hydrogen-bond acceptors (Lipinski definition) is 6. The van der Waals surface area contributed by atoms with E-state index < -0.39 is 47.2 Å². The first-order valence-corrected chi connectivity index (χ1v) is 11.2. The van der Waals surface area contributed by atoms with Crippen LogP contribution in [0.1, 0.15) is 39.5 Å². The summed E-state index contributed by atoms with van der Waals surface area (Å²) in [6.07, 6.45) is -4.14. The van der Waals surface area contributed by atoms with Crippen molar-refractivity contribution in [2.45, 2.75) is 33.2 Å². The zero-order valence-electron chi connectivity index (χ0n) is 20.1. The molecule has 9 nitrogen and oxygen atoms in total. The summed E-state index contributed by atoms with van der Waals surface area (Å²) < 4.78 is 52.1. The number of anilines is 1. The minimum absolute atomic E-state index is 0.0410.